The second-order valence-electron chi connectivity index (χ2n) is 13.9. The number of aliphatic hydroxyl groups excluding tert-OH is 4. The molecule has 0 aromatic heterocycles. The third-order valence-electron chi connectivity index (χ3n) is 9.50. The van der Waals surface area contributed by atoms with Gasteiger partial charge < -0.3 is 78.4 Å². The van der Waals surface area contributed by atoms with E-state index >= 15 is 0 Å². The Labute approximate surface area is 359 Å². The molecule has 0 bridgehead atoms. The van der Waals surface area contributed by atoms with E-state index in [0.29, 0.717) is 16.7 Å². The van der Waals surface area contributed by atoms with E-state index in [-0.39, 0.29) is 28.7 Å². The van der Waals surface area contributed by atoms with Gasteiger partial charge in [0.25, 0.3) is 0 Å². The number of aliphatic hydroxyl groups is 4. The van der Waals surface area contributed by atoms with Gasteiger partial charge >= 0.3 is 23.9 Å². The maximum Gasteiger partial charge on any atom is 0.331 e. The van der Waals surface area contributed by atoms with Crippen LogP contribution in [0.5, 0.6) is 28.7 Å². The Balaban J connectivity index is 1.50. The average Bonchev–Trinajstić information content (AvgIpc) is 3.52. The van der Waals surface area contributed by atoms with Crippen molar-refractivity contribution in [3.63, 3.8) is 0 Å². The Kier molecular flexibility index (Phi) is 16.2. The molecule has 338 valence electrons. The molecule has 0 radical (unpaired) electrons. The summed E-state index contributed by atoms with van der Waals surface area (Å²) in [6, 6.07) is 14.1. The van der Waals surface area contributed by atoms with E-state index in [1.165, 1.54) is 93.1 Å². The minimum absolute atomic E-state index is 0.0312. The lowest BCUT2D eigenvalue weighted by atomic mass is 9.98. The molecule has 2 fully saturated rings. The number of phenolic OH excluding ortho intramolecular Hbond substituents is 3. The van der Waals surface area contributed by atoms with Gasteiger partial charge in [-0.1, -0.05) is 24.3 Å². The van der Waals surface area contributed by atoms with Crippen molar-refractivity contribution in [3.05, 3.63) is 95.6 Å². The summed E-state index contributed by atoms with van der Waals surface area (Å²) in [6.07, 6.45) is -8.03. The number of benzene rings is 3. The molecule has 9 atom stereocenters. The predicted molar refractivity (Wildman–Crippen MR) is 214 cm³/mol. The molecule has 7 N–H and O–H groups in total. The number of aromatic hydroxyl groups is 3. The van der Waals surface area contributed by atoms with Crippen molar-refractivity contribution in [2.75, 3.05) is 34.0 Å². The van der Waals surface area contributed by atoms with Crippen molar-refractivity contribution in [1.82, 2.24) is 0 Å². The molecule has 0 amide bonds. The van der Waals surface area contributed by atoms with E-state index in [0.717, 1.165) is 25.2 Å². The number of hydrogen-bond acceptors (Lipinski definition) is 20. The lowest BCUT2D eigenvalue weighted by Crippen LogP contribution is -2.64. The Bertz CT molecular complexity index is 2170. The molecule has 2 heterocycles. The van der Waals surface area contributed by atoms with Gasteiger partial charge in [0.2, 0.25) is 12.1 Å². The van der Waals surface area contributed by atoms with Crippen molar-refractivity contribution in [1.29, 1.82) is 0 Å². The van der Waals surface area contributed by atoms with Crippen LogP contribution < -0.4 is 9.47 Å². The predicted octanol–water partition coefficient (Wildman–Crippen LogP) is 1.10. The highest BCUT2D eigenvalue weighted by molar-refractivity contribution is 5.88. The van der Waals surface area contributed by atoms with E-state index in [4.69, 9.17) is 42.6 Å². The van der Waals surface area contributed by atoms with Gasteiger partial charge in [-0.3, -0.25) is 4.79 Å². The Morgan fingerprint density at radius 3 is 1.78 bits per heavy atom. The highest BCUT2D eigenvalue weighted by Crippen LogP contribution is 2.40. The van der Waals surface area contributed by atoms with E-state index in [1.807, 2.05) is 0 Å². The lowest BCUT2D eigenvalue weighted by molar-refractivity contribution is -0.383. The number of carbonyl (C=O) groups is 4. The zero-order chi connectivity index (χ0) is 45.8. The first-order valence-electron chi connectivity index (χ1n) is 19.0. The fourth-order valence-electron chi connectivity index (χ4n) is 6.32. The molecule has 5 rings (SSSR count). The van der Waals surface area contributed by atoms with E-state index in [1.54, 1.807) is 0 Å². The molecular formula is C43H46O20. The first-order valence-corrected chi connectivity index (χ1v) is 19.0. The number of ether oxygens (including phenoxy) is 9. The summed E-state index contributed by atoms with van der Waals surface area (Å²) < 4.78 is 49.9. The quantitative estimate of drug-likeness (QED) is 0.0567. The van der Waals surface area contributed by atoms with Crippen LogP contribution in [0.25, 0.3) is 18.2 Å². The summed E-state index contributed by atoms with van der Waals surface area (Å²) in [7, 11) is 2.65. The van der Waals surface area contributed by atoms with Crippen molar-refractivity contribution in [2.45, 2.75) is 61.7 Å². The number of hydrogen-bond donors (Lipinski definition) is 7. The Hall–Kier alpha value is -6.52. The summed E-state index contributed by atoms with van der Waals surface area (Å²) in [5.74, 6) is -6.97. The molecule has 9 unspecified atom stereocenters. The smallest absolute Gasteiger partial charge is 0.331 e. The van der Waals surface area contributed by atoms with Crippen LogP contribution in [-0.4, -0.2) is 148 Å². The van der Waals surface area contributed by atoms with E-state index < -0.39 is 98.5 Å². The number of carbonyl (C=O) groups excluding carboxylic acids is 4. The van der Waals surface area contributed by atoms with Crippen LogP contribution in [0.15, 0.2) is 78.9 Å². The van der Waals surface area contributed by atoms with Crippen LogP contribution in [0.2, 0.25) is 0 Å². The SMILES string of the molecule is COc1cc(C=CC(=O)OCC2OC(COC(=O)C=Cc3ccc(O)cc3)(OC3OC(CO)C(O)C(O)C3OC(C)=O)C(OC(=O)C=Cc3ccc(O)c(OC)c3)C2O)ccc1O. The minimum Gasteiger partial charge on any atom is -0.508 e. The molecule has 2 aliphatic heterocycles. The van der Waals surface area contributed by atoms with Crippen molar-refractivity contribution >= 4 is 42.1 Å². The standard InChI is InChI=1S/C43H46O20/c1-23(45)59-40-39(54)37(52)32(20-44)60-42(40)63-43(22-58-35(50)15-8-24-4-11-27(46)12-5-24)41(61-36(51)17-10-26-7-14-29(48)31(19-26)56-3)38(53)33(62-43)21-57-34(49)16-9-25-6-13-28(47)30(18-25)55-2/h4-19,32-33,37-42,44,46-48,52-54H,20-22H2,1-3H3. The van der Waals surface area contributed by atoms with Crippen LogP contribution in [0.3, 0.4) is 0 Å². The van der Waals surface area contributed by atoms with Gasteiger partial charge in [0.05, 0.1) is 20.8 Å². The summed E-state index contributed by atoms with van der Waals surface area (Å²) in [6.45, 7) is -1.74. The molecular weight excluding hydrogens is 836 g/mol. The number of methoxy groups -OCH3 is 2. The van der Waals surface area contributed by atoms with Gasteiger partial charge in [0.15, 0.2) is 35.2 Å². The normalized spacial score (nSPS) is 25.8. The molecule has 63 heavy (non-hydrogen) atoms. The fourth-order valence-corrected chi connectivity index (χ4v) is 6.32. The zero-order valence-electron chi connectivity index (χ0n) is 33.9. The maximum atomic E-state index is 13.5. The molecule has 0 saturated carbocycles. The number of esters is 4. The van der Waals surface area contributed by atoms with Crippen LogP contribution in [-0.2, 0) is 52.3 Å². The molecule has 20 nitrogen and oxygen atoms in total. The zero-order valence-corrected chi connectivity index (χ0v) is 33.9. The second-order valence-corrected chi connectivity index (χ2v) is 13.9. The monoisotopic (exact) mass is 882 g/mol. The van der Waals surface area contributed by atoms with Crippen molar-refractivity contribution in [3.8, 4) is 28.7 Å². The second kappa shape index (κ2) is 21.5. The van der Waals surface area contributed by atoms with Crippen molar-refractivity contribution < 1.29 is 97.6 Å². The van der Waals surface area contributed by atoms with E-state index in [2.05, 4.69) is 0 Å². The van der Waals surface area contributed by atoms with Crippen LogP contribution in [0, 0.1) is 0 Å². The first kappa shape index (κ1) is 47.5. The van der Waals surface area contributed by atoms with Gasteiger partial charge in [-0.05, 0) is 71.3 Å². The summed E-state index contributed by atoms with van der Waals surface area (Å²) in [5, 5.41) is 72.9. The number of rotatable bonds is 17. The van der Waals surface area contributed by atoms with Gasteiger partial charge in [-0.2, -0.15) is 0 Å². The summed E-state index contributed by atoms with van der Waals surface area (Å²) >= 11 is 0. The van der Waals surface area contributed by atoms with Gasteiger partial charge in [-0.25, -0.2) is 14.4 Å². The van der Waals surface area contributed by atoms with Crippen molar-refractivity contribution in [2.24, 2.45) is 0 Å². The third-order valence-corrected chi connectivity index (χ3v) is 9.50. The third kappa shape index (κ3) is 12.3. The highest BCUT2D eigenvalue weighted by Gasteiger charge is 2.62. The molecule has 2 saturated heterocycles. The Morgan fingerprint density at radius 2 is 1.22 bits per heavy atom. The van der Waals surface area contributed by atoms with Crippen LogP contribution in [0.4, 0.5) is 0 Å². The first-order chi connectivity index (χ1) is 30.1. The van der Waals surface area contributed by atoms with Gasteiger partial charge in [-0.15, -0.1) is 0 Å². The number of phenols is 3. The average molecular weight is 883 g/mol. The van der Waals surface area contributed by atoms with E-state index in [9.17, 15) is 54.9 Å². The maximum absolute atomic E-state index is 13.5. The molecule has 20 heteroatoms. The topological polar surface area (TPSA) is 293 Å². The van der Waals surface area contributed by atoms with Crippen LogP contribution >= 0.6 is 0 Å². The minimum atomic E-state index is -2.67. The summed E-state index contributed by atoms with van der Waals surface area (Å²) in [5.41, 5.74) is 1.25. The summed E-state index contributed by atoms with van der Waals surface area (Å²) in [4.78, 5) is 51.8. The van der Waals surface area contributed by atoms with Gasteiger partial charge in [0, 0.05) is 25.2 Å². The Morgan fingerprint density at radius 1 is 0.683 bits per heavy atom. The molecule has 0 aliphatic carbocycles. The largest absolute Gasteiger partial charge is 0.508 e. The highest BCUT2D eigenvalue weighted by atomic mass is 16.8. The molecule has 3 aromatic carbocycles. The molecule has 0 spiro atoms. The van der Waals surface area contributed by atoms with Gasteiger partial charge in [0.1, 0.15) is 49.5 Å². The lowest BCUT2D eigenvalue weighted by Gasteiger charge is -2.44. The fraction of sp³-hybridized carbons (Fsp3) is 0.349. The van der Waals surface area contributed by atoms with Crippen LogP contribution in [0.1, 0.15) is 23.6 Å². The molecule has 3 aromatic rings. The molecule has 2 aliphatic rings.